The van der Waals surface area contributed by atoms with Gasteiger partial charge >= 0.3 is 12.5 Å². The number of pyridine rings is 1. The SMILES string of the molecule is CC(=O)c1cnccc1OC(F)(F)C(F)F. The summed E-state index contributed by atoms with van der Waals surface area (Å²) in [6.45, 7) is 1.09. The van der Waals surface area contributed by atoms with Crippen molar-refractivity contribution < 1.29 is 27.1 Å². The maximum absolute atomic E-state index is 12.6. The lowest BCUT2D eigenvalue weighted by Gasteiger charge is -2.17. The summed E-state index contributed by atoms with van der Waals surface area (Å²) in [6.07, 6.45) is -6.57. The van der Waals surface area contributed by atoms with Crippen LogP contribution in [-0.4, -0.2) is 23.3 Å². The second kappa shape index (κ2) is 4.46. The number of carbonyl (C=O) groups is 1. The van der Waals surface area contributed by atoms with Crippen molar-refractivity contribution in [3.63, 3.8) is 0 Å². The molecule has 7 heteroatoms. The molecule has 0 N–H and O–H groups in total. The van der Waals surface area contributed by atoms with Crippen molar-refractivity contribution in [2.75, 3.05) is 0 Å². The van der Waals surface area contributed by atoms with Gasteiger partial charge < -0.3 is 4.74 Å². The van der Waals surface area contributed by atoms with Gasteiger partial charge in [0.05, 0.1) is 5.56 Å². The molecule has 0 fully saturated rings. The van der Waals surface area contributed by atoms with Gasteiger partial charge in [-0.3, -0.25) is 9.78 Å². The summed E-state index contributed by atoms with van der Waals surface area (Å²) in [7, 11) is 0. The zero-order valence-corrected chi connectivity index (χ0v) is 8.08. The van der Waals surface area contributed by atoms with Crippen LogP contribution < -0.4 is 4.74 Å². The van der Waals surface area contributed by atoms with Crippen LogP contribution in [0.25, 0.3) is 0 Å². The summed E-state index contributed by atoms with van der Waals surface area (Å²) in [5, 5.41) is 0. The molecule has 0 radical (unpaired) electrons. The van der Waals surface area contributed by atoms with Crippen LogP contribution in [0.1, 0.15) is 17.3 Å². The van der Waals surface area contributed by atoms with Crippen molar-refractivity contribution in [3.05, 3.63) is 24.0 Å². The van der Waals surface area contributed by atoms with Gasteiger partial charge in [0, 0.05) is 12.4 Å². The Balaban J connectivity index is 3.02. The molecule has 0 aromatic carbocycles. The maximum Gasteiger partial charge on any atom is 0.461 e. The van der Waals surface area contributed by atoms with Gasteiger partial charge in [-0.15, -0.1) is 0 Å². The van der Waals surface area contributed by atoms with Crippen LogP contribution in [0.3, 0.4) is 0 Å². The fourth-order valence-electron chi connectivity index (χ4n) is 0.926. The van der Waals surface area contributed by atoms with Crippen LogP contribution in [0, 0.1) is 0 Å². The standard InChI is InChI=1S/C9H7F4NO2/c1-5(15)6-4-14-3-2-7(6)16-9(12,13)8(10)11/h2-4,8H,1H3. The predicted molar refractivity (Wildman–Crippen MR) is 45.8 cm³/mol. The molecule has 16 heavy (non-hydrogen) atoms. The third kappa shape index (κ3) is 2.68. The lowest BCUT2D eigenvalue weighted by molar-refractivity contribution is -0.253. The first-order chi connectivity index (χ1) is 7.34. The average Bonchev–Trinajstić information content (AvgIpc) is 2.17. The Hall–Kier alpha value is -1.66. The molecule has 0 bridgehead atoms. The Kier molecular flexibility index (Phi) is 3.46. The van der Waals surface area contributed by atoms with Gasteiger partial charge in [0.15, 0.2) is 5.78 Å². The van der Waals surface area contributed by atoms with Crippen LogP contribution in [0.2, 0.25) is 0 Å². The van der Waals surface area contributed by atoms with E-state index in [1.54, 1.807) is 0 Å². The molecule has 0 unspecified atom stereocenters. The Bertz CT molecular complexity index is 395. The Morgan fingerprint density at radius 3 is 2.62 bits per heavy atom. The Labute approximate surface area is 88.0 Å². The molecule has 88 valence electrons. The fraction of sp³-hybridized carbons (Fsp3) is 0.333. The average molecular weight is 237 g/mol. The fourth-order valence-corrected chi connectivity index (χ4v) is 0.926. The van der Waals surface area contributed by atoms with Gasteiger partial charge in [-0.2, -0.15) is 17.6 Å². The molecule has 0 spiro atoms. The van der Waals surface area contributed by atoms with E-state index in [4.69, 9.17) is 0 Å². The van der Waals surface area contributed by atoms with E-state index in [2.05, 4.69) is 9.72 Å². The number of hydrogen-bond donors (Lipinski definition) is 0. The highest BCUT2D eigenvalue weighted by atomic mass is 19.3. The van der Waals surface area contributed by atoms with Gasteiger partial charge in [-0.25, -0.2) is 0 Å². The number of rotatable bonds is 4. The number of halogens is 4. The first kappa shape index (κ1) is 12.4. The van der Waals surface area contributed by atoms with Crippen molar-refractivity contribution in [2.24, 2.45) is 0 Å². The van der Waals surface area contributed by atoms with E-state index < -0.39 is 24.1 Å². The van der Waals surface area contributed by atoms with E-state index in [1.807, 2.05) is 0 Å². The van der Waals surface area contributed by atoms with Crippen LogP contribution in [-0.2, 0) is 0 Å². The molecule has 1 heterocycles. The van der Waals surface area contributed by atoms with Crippen LogP contribution in [0.15, 0.2) is 18.5 Å². The maximum atomic E-state index is 12.6. The minimum atomic E-state index is -4.63. The number of alkyl halides is 4. The van der Waals surface area contributed by atoms with Crippen LogP contribution in [0.4, 0.5) is 17.6 Å². The minimum Gasteiger partial charge on any atom is -0.427 e. The molecule has 1 aromatic rings. The smallest absolute Gasteiger partial charge is 0.427 e. The number of Topliss-reactive ketones (excluding diaryl/α,β-unsaturated/α-hetero) is 1. The lowest BCUT2D eigenvalue weighted by Crippen LogP contribution is -2.33. The Morgan fingerprint density at radius 2 is 2.12 bits per heavy atom. The van der Waals surface area contributed by atoms with Crippen molar-refractivity contribution in [1.29, 1.82) is 0 Å². The summed E-state index contributed by atoms with van der Waals surface area (Å²) in [5.74, 6) is -1.22. The topological polar surface area (TPSA) is 39.2 Å². The van der Waals surface area contributed by atoms with E-state index >= 15 is 0 Å². The highest BCUT2D eigenvalue weighted by Gasteiger charge is 2.44. The van der Waals surface area contributed by atoms with Gasteiger partial charge in [-0.1, -0.05) is 0 Å². The molecule has 0 atom stereocenters. The molecular weight excluding hydrogens is 230 g/mol. The highest BCUT2D eigenvalue weighted by molar-refractivity contribution is 5.96. The van der Waals surface area contributed by atoms with Crippen molar-refractivity contribution in [3.8, 4) is 5.75 Å². The molecular formula is C9H7F4NO2. The van der Waals surface area contributed by atoms with E-state index in [-0.39, 0.29) is 5.56 Å². The zero-order chi connectivity index (χ0) is 12.3. The van der Waals surface area contributed by atoms with Gasteiger partial charge in [-0.05, 0) is 13.0 Å². The number of aromatic nitrogens is 1. The molecule has 1 rings (SSSR count). The summed E-state index contributed by atoms with van der Waals surface area (Å²) < 4.78 is 52.7. The van der Waals surface area contributed by atoms with Gasteiger partial charge in [0.1, 0.15) is 5.75 Å². The number of hydrogen-bond acceptors (Lipinski definition) is 3. The third-order valence-electron chi connectivity index (χ3n) is 1.66. The zero-order valence-electron chi connectivity index (χ0n) is 8.08. The van der Waals surface area contributed by atoms with Crippen LogP contribution in [0.5, 0.6) is 5.75 Å². The molecule has 0 aliphatic carbocycles. The molecule has 0 aliphatic heterocycles. The molecule has 0 saturated heterocycles. The number of nitrogens with zero attached hydrogens (tertiary/aromatic N) is 1. The predicted octanol–water partition coefficient (Wildman–Crippen LogP) is 2.52. The summed E-state index contributed by atoms with van der Waals surface area (Å²) >= 11 is 0. The molecule has 0 saturated carbocycles. The first-order valence-corrected chi connectivity index (χ1v) is 4.14. The van der Waals surface area contributed by atoms with E-state index in [1.165, 1.54) is 0 Å². The van der Waals surface area contributed by atoms with Gasteiger partial charge in [0.2, 0.25) is 0 Å². The summed E-state index contributed by atoms with van der Waals surface area (Å²) in [5.41, 5.74) is -0.275. The van der Waals surface area contributed by atoms with E-state index in [9.17, 15) is 22.4 Å². The van der Waals surface area contributed by atoms with E-state index in [0.717, 1.165) is 25.4 Å². The molecule has 0 amide bonds. The molecule has 3 nitrogen and oxygen atoms in total. The van der Waals surface area contributed by atoms with Crippen molar-refractivity contribution >= 4 is 5.78 Å². The second-order valence-corrected chi connectivity index (χ2v) is 2.89. The normalized spacial score (nSPS) is 11.6. The van der Waals surface area contributed by atoms with E-state index in [0.29, 0.717) is 0 Å². The Morgan fingerprint density at radius 1 is 1.50 bits per heavy atom. The van der Waals surface area contributed by atoms with Gasteiger partial charge in [0.25, 0.3) is 0 Å². The largest absolute Gasteiger partial charge is 0.461 e. The molecule has 1 aromatic heterocycles. The summed E-state index contributed by atoms with van der Waals surface area (Å²) in [6, 6.07) is 0.924. The van der Waals surface area contributed by atoms with Crippen LogP contribution >= 0.6 is 0 Å². The number of ether oxygens (including phenoxy) is 1. The highest BCUT2D eigenvalue weighted by Crippen LogP contribution is 2.29. The lowest BCUT2D eigenvalue weighted by atomic mass is 10.2. The first-order valence-electron chi connectivity index (χ1n) is 4.14. The second-order valence-electron chi connectivity index (χ2n) is 2.89. The van der Waals surface area contributed by atoms with Crippen molar-refractivity contribution in [2.45, 2.75) is 19.5 Å². The van der Waals surface area contributed by atoms with Crippen molar-refractivity contribution in [1.82, 2.24) is 4.98 Å². The number of ketones is 1. The summed E-state index contributed by atoms with van der Waals surface area (Å²) in [4.78, 5) is 14.5. The minimum absolute atomic E-state index is 0.275. The number of carbonyl (C=O) groups excluding carboxylic acids is 1. The molecule has 0 aliphatic rings. The quantitative estimate of drug-likeness (QED) is 0.596. The monoisotopic (exact) mass is 237 g/mol. The third-order valence-corrected chi connectivity index (χ3v) is 1.66.